The zero-order valence-electron chi connectivity index (χ0n) is 11.3. The first-order chi connectivity index (χ1) is 10.0. The van der Waals surface area contributed by atoms with Gasteiger partial charge in [-0.2, -0.15) is 13.2 Å². The molecule has 0 N–H and O–H groups in total. The molecule has 0 bridgehead atoms. The average molecular weight is 293 g/mol. The molecule has 2 rings (SSSR count). The van der Waals surface area contributed by atoms with Crippen molar-refractivity contribution in [1.82, 2.24) is 0 Å². The monoisotopic (exact) mass is 293 g/mol. The van der Waals surface area contributed by atoms with Gasteiger partial charge in [-0.05, 0) is 0 Å². The summed E-state index contributed by atoms with van der Waals surface area (Å²) in [5, 5.41) is 0. The lowest BCUT2D eigenvalue weighted by Crippen LogP contribution is -2.30. The van der Waals surface area contributed by atoms with Crippen LogP contribution in [0.2, 0.25) is 0 Å². The molecule has 0 amide bonds. The van der Waals surface area contributed by atoms with Gasteiger partial charge in [0, 0.05) is 18.2 Å². The number of aliphatic imine (C=N–C) groups is 1. The molecule has 0 spiro atoms. The molecule has 0 heterocycles. The summed E-state index contributed by atoms with van der Waals surface area (Å²) in [6, 6.07) is 17.5. The van der Waals surface area contributed by atoms with Gasteiger partial charge >= 0.3 is 6.18 Å². The van der Waals surface area contributed by atoms with Crippen LogP contribution in [0.4, 0.5) is 13.2 Å². The highest BCUT2D eigenvalue weighted by atomic mass is 19.4. The van der Waals surface area contributed by atoms with E-state index >= 15 is 0 Å². The van der Waals surface area contributed by atoms with E-state index in [0.29, 0.717) is 11.1 Å². The van der Waals surface area contributed by atoms with E-state index in [0.717, 1.165) is 7.11 Å². The van der Waals surface area contributed by atoms with Crippen LogP contribution >= 0.6 is 0 Å². The van der Waals surface area contributed by atoms with Crippen LogP contribution in [0.1, 0.15) is 11.1 Å². The minimum Gasteiger partial charge on any atom is -0.352 e. The minimum absolute atomic E-state index is 0.250. The number of benzene rings is 2. The molecule has 0 saturated heterocycles. The number of hydrogen-bond donors (Lipinski definition) is 0. The zero-order valence-corrected chi connectivity index (χ0v) is 11.3. The number of hydrogen-bond acceptors (Lipinski definition) is 2. The first-order valence-corrected chi connectivity index (χ1v) is 6.30. The van der Waals surface area contributed by atoms with E-state index < -0.39 is 12.4 Å². The van der Waals surface area contributed by atoms with Gasteiger partial charge in [0.1, 0.15) is 0 Å². The van der Waals surface area contributed by atoms with E-state index in [4.69, 9.17) is 0 Å². The van der Waals surface area contributed by atoms with Crippen molar-refractivity contribution in [2.75, 3.05) is 7.11 Å². The maximum absolute atomic E-state index is 12.9. The van der Waals surface area contributed by atoms with Crippen LogP contribution in [0.25, 0.3) is 0 Å². The third-order valence-corrected chi connectivity index (χ3v) is 2.84. The summed E-state index contributed by atoms with van der Waals surface area (Å²) < 4.78 is 43.1. The topological polar surface area (TPSA) is 21.6 Å². The van der Waals surface area contributed by atoms with E-state index in [1.807, 2.05) is 0 Å². The summed E-state index contributed by atoms with van der Waals surface area (Å²) in [5.74, 6) is 0. The van der Waals surface area contributed by atoms with Gasteiger partial charge in [0.15, 0.2) is 0 Å². The molecule has 0 aliphatic heterocycles. The smallest absolute Gasteiger partial charge is 0.352 e. The first-order valence-electron chi connectivity index (χ1n) is 6.30. The molecule has 2 aromatic rings. The molecule has 5 heteroatoms. The van der Waals surface area contributed by atoms with Crippen LogP contribution in [0, 0.1) is 0 Å². The van der Waals surface area contributed by atoms with Crippen molar-refractivity contribution in [2.45, 2.75) is 12.4 Å². The van der Waals surface area contributed by atoms with E-state index in [2.05, 4.69) is 9.73 Å². The van der Waals surface area contributed by atoms with Gasteiger partial charge < -0.3 is 4.74 Å². The van der Waals surface area contributed by atoms with Crippen molar-refractivity contribution in [3.05, 3.63) is 71.8 Å². The Morgan fingerprint density at radius 2 is 1.33 bits per heavy atom. The highest BCUT2D eigenvalue weighted by Crippen LogP contribution is 2.25. The fourth-order valence-corrected chi connectivity index (χ4v) is 1.88. The Labute approximate surface area is 120 Å². The second kappa shape index (κ2) is 6.54. The van der Waals surface area contributed by atoms with Crippen molar-refractivity contribution in [1.29, 1.82) is 0 Å². The molecule has 0 saturated carbocycles. The fourth-order valence-electron chi connectivity index (χ4n) is 1.88. The Morgan fingerprint density at radius 1 is 0.905 bits per heavy atom. The van der Waals surface area contributed by atoms with Crippen molar-refractivity contribution in [3.63, 3.8) is 0 Å². The molecule has 0 aromatic heterocycles. The Hall–Kier alpha value is -2.14. The van der Waals surface area contributed by atoms with Crippen molar-refractivity contribution in [3.8, 4) is 0 Å². The summed E-state index contributed by atoms with van der Waals surface area (Å²) in [4.78, 5) is 3.78. The quantitative estimate of drug-likeness (QED) is 0.779. The molecule has 110 valence electrons. The van der Waals surface area contributed by atoms with Crippen LogP contribution in [0.5, 0.6) is 0 Å². The molecule has 0 aliphatic carbocycles. The second-order valence-electron chi connectivity index (χ2n) is 4.34. The van der Waals surface area contributed by atoms with Crippen LogP contribution in [-0.4, -0.2) is 25.2 Å². The van der Waals surface area contributed by atoms with Gasteiger partial charge in [0.25, 0.3) is 0 Å². The van der Waals surface area contributed by atoms with Gasteiger partial charge in [-0.1, -0.05) is 60.7 Å². The van der Waals surface area contributed by atoms with Crippen LogP contribution in [0.3, 0.4) is 0 Å². The largest absolute Gasteiger partial charge is 0.435 e. The average Bonchev–Trinajstić information content (AvgIpc) is 2.49. The van der Waals surface area contributed by atoms with Gasteiger partial charge in [-0.25, -0.2) is 4.99 Å². The lowest BCUT2D eigenvalue weighted by Gasteiger charge is -2.17. The molecule has 21 heavy (non-hydrogen) atoms. The van der Waals surface area contributed by atoms with E-state index in [-0.39, 0.29) is 5.71 Å². The molecule has 2 aromatic carbocycles. The molecule has 0 aliphatic rings. The third-order valence-electron chi connectivity index (χ3n) is 2.84. The summed E-state index contributed by atoms with van der Waals surface area (Å²) in [7, 11) is 0.995. The maximum atomic E-state index is 12.9. The second-order valence-corrected chi connectivity index (χ2v) is 4.34. The zero-order chi connectivity index (χ0) is 15.3. The number of rotatable bonds is 4. The summed E-state index contributed by atoms with van der Waals surface area (Å²) in [6.07, 6.45) is -6.74. The predicted molar refractivity (Wildman–Crippen MR) is 75.4 cm³/mol. The Morgan fingerprint density at radius 3 is 1.67 bits per heavy atom. The van der Waals surface area contributed by atoms with Gasteiger partial charge in [-0.15, -0.1) is 0 Å². The molecule has 0 fully saturated rings. The normalized spacial score (nSPS) is 12.8. The molecule has 1 atom stereocenters. The molecule has 2 nitrogen and oxygen atoms in total. The third kappa shape index (κ3) is 3.92. The SMILES string of the molecule is COC(N=C(c1ccccc1)c1ccccc1)C(F)(F)F. The van der Waals surface area contributed by atoms with Gasteiger partial charge in [-0.3, -0.25) is 0 Å². The molecular formula is C16H14F3NO. The number of alkyl halides is 3. The number of halogens is 3. The van der Waals surface area contributed by atoms with Crippen molar-refractivity contribution < 1.29 is 17.9 Å². The summed E-state index contributed by atoms with van der Waals surface area (Å²) in [5.41, 5.74) is 1.46. The highest BCUT2D eigenvalue weighted by Gasteiger charge is 2.40. The van der Waals surface area contributed by atoms with Crippen molar-refractivity contribution in [2.24, 2.45) is 4.99 Å². The number of methoxy groups -OCH3 is 1. The lowest BCUT2D eigenvalue weighted by molar-refractivity contribution is -0.209. The predicted octanol–water partition coefficient (Wildman–Crippen LogP) is 4.06. The summed E-state index contributed by atoms with van der Waals surface area (Å²) in [6.45, 7) is 0. The van der Waals surface area contributed by atoms with E-state index in [9.17, 15) is 13.2 Å². The standard InChI is InChI=1S/C16H14F3NO/c1-21-15(16(17,18)19)20-14(12-8-4-2-5-9-12)13-10-6-3-7-11-13/h2-11,15H,1H3. The van der Waals surface area contributed by atoms with E-state index in [1.54, 1.807) is 60.7 Å². The highest BCUT2D eigenvalue weighted by molar-refractivity contribution is 6.12. The minimum atomic E-state index is -4.55. The number of ether oxygens (including phenoxy) is 1. The maximum Gasteiger partial charge on any atom is 0.435 e. The Kier molecular flexibility index (Phi) is 4.75. The lowest BCUT2D eigenvalue weighted by atomic mass is 10.0. The Balaban J connectivity index is 2.52. The van der Waals surface area contributed by atoms with Gasteiger partial charge in [0.2, 0.25) is 6.23 Å². The van der Waals surface area contributed by atoms with E-state index in [1.165, 1.54) is 0 Å². The number of nitrogens with zero attached hydrogens (tertiary/aromatic N) is 1. The first kappa shape index (κ1) is 15.3. The fraction of sp³-hybridized carbons (Fsp3) is 0.188. The van der Waals surface area contributed by atoms with Crippen LogP contribution in [-0.2, 0) is 4.74 Å². The van der Waals surface area contributed by atoms with Crippen LogP contribution in [0.15, 0.2) is 65.7 Å². The van der Waals surface area contributed by atoms with Crippen molar-refractivity contribution >= 4 is 5.71 Å². The molecular weight excluding hydrogens is 279 g/mol. The molecule has 1 unspecified atom stereocenters. The van der Waals surface area contributed by atoms with Gasteiger partial charge in [0.05, 0.1) is 5.71 Å². The Bertz CT molecular complexity index is 552. The summed E-state index contributed by atoms with van der Waals surface area (Å²) >= 11 is 0. The molecule has 0 radical (unpaired) electrons. The van der Waals surface area contributed by atoms with Crippen LogP contribution < -0.4 is 0 Å².